The van der Waals surface area contributed by atoms with Gasteiger partial charge in [-0.15, -0.1) is 0 Å². The Labute approximate surface area is 136 Å². The van der Waals surface area contributed by atoms with Crippen LogP contribution >= 0.6 is 0 Å². The van der Waals surface area contributed by atoms with Gasteiger partial charge < -0.3 is 14.2 Å². The van der Waals surface area contributed by atoms with Crippen molar-refractivity contribution in [3.63, 3.8) is 0 Å². The van der Waals surface area contributed by atoms with Crippen molar-refractivity contribution in [3.8, 4) is 11.5 Å². The van der Waals surface area contributed by atoms with E-state index in [1.54, 1.807) is 18.2 Å². The Morgan fingerprint density at radius 2 is 1.91 bits per heavy atom. The van der Waals surface area contributed by atoms with E-state index in [0.717, 1.165) is 12.8 Å². The lowest BCUT2D eigenvalue weighted by Gasteiger charge is -2.35. The van der Waals surface area contributed by atoms with Gasteiger partial charge in [-0.3, -0.25) is 9.59 Å². The maximum absolute atomic E-state index is 12.8. The molecule has 23 heavy (non-hydrogen) atoms. The number of carbonyl (C=O) groups excluding carboxylic acids is 2. The summed E-state index contributed by atoms with van der Waals surface area (Å²) >= 11 is 0. The number of rotatable bonds is 6. The van der Waals surface area contributed by atoms with Gasteiger partial charge in [-0.2, -0.15) is 0 Å². The highest BCUT2D eigenvalue weighted by atomic mass is 16.5. The standard InChI is InChI=1S/C18H22O5/c1-4-12-23-17(20)18(11-6-5-10-15(18)19)16-13(21-2)8-7-9-14(16)22-3/h4,7-9H,1,5-6,10-12H2,2-3H3. The fourth-order valence-corrected chi connectivity index (χ4v) is 3.14. The van der Waals surface area contributed by atoms with Gasteiger partial charge in [0.05, 0.1) is 19.8 Å². The lowest BCUT2D eigenvalue weighted by atomic mass is 9.67. The highest BCUT2D eigenvalue weighted by Gasteiger charge is 2.52. The summed E-state index contributed by atoms with van der Waals surface area (Å²) in [5, 5.41) is 0. The molecule has 0 aliphatic heterocycles. The lowest BCUT2D eigenvalue weighted by molar-refractivity contribution is -0.155. The molecule has 5 nitrogen and oxygen atoms in total. The third-order valence-electron chi connectivity index (χ3n) is 4.22. The van der Waals surface area contributed by atoms with E-state index < -0.39 is 11.4 Å². The average molecular weight is 318 g/mol. The molecule has 0 amide bonds. The number of ether oxygens (including phenoxy) is 3. The molecule has 1 aliphatic rings. The first-order valence-corrected chi connectivity index (χ1v) is 7.64. The third kappa shape index (κ3) is 2.96. The van der Waals surface area contributed by atoms with Crippen LogP contribution in [0.4, 0.5) is 0 Å². The zero-order chi connectivity index (χ0) is 16.9. The number of esters is 1. The van der Waals surface area contributed by atoms with Gasteiger partial charge in [0.2, 0.25) is 0 Å². The summed E-state index contributed by atoms with van der Waals surface area (Å²) in [5.41, 5.74) is -0.914. The van der Waals surface area contributed by atoms with Crippen LogP contribution < -0.4 is 9.47 Å². The summed E-state index contributed by atoms with van der Waals surface area (Å²) in [7, 11) is 3.02. The lowest BCUT2D eigenvalue weighted by Crippen LogP contribution is -2.47. The molecule has 5 heteroatoms. The third-order valence-corrected chi connectivity index (χ3v) is 4.22. The van der Waals surface area contributed by atoms with Crippen molar-refractivity contribution in [2.75, 3.05) is 20.8 Å². The monoisotopic (exact) mass is 318 g/mol. The van der Waals surface area contributed by atoms with E-state index in [1.807, 2.05) is 0 Å². The number of benzene rings is 1. The number of ketones is 1. The van der Waals surface area contributed by atoms with Crippen LogP contribution in [0.25, 0.3) is 0 Å². The molecule has 1 saturated carbocycles. The molecule has 0 saturated heterocycles. The van der Waals surface area contributed by atoms with Gasteiger partial charge in [0.15, 0.2) is 11.2 Å². The topological polar surface area (TPSA) is 61.8 Å². The zero-order valence-corrected chi connectivity index (χ0v) is 13.6. The van der Waals surface area contributed by atoms with E-state index in [0.29, 0.717) is 29.9 Å². The summed E-state index contributed by atoms with van der Waals surface area (Å²) in [4.78, 5) is 25.6. The summed E-state index contributed by atoms with van der Waals surface area (Å²) in [6.45, 7) is 3.61. The molecule has 1 unspecified atom stereocenters. The molecule has 1 fully saturated rings. The SMILES string of the molecule is C=CCOC(=O)C1(c2c(OC)cccc2OC)CCCCC1=O. The molecular formula is C18H22O5. The van der Waals surface area contributed by atoms with Gasteiger partial charge in [-0.1, -0.05) is 25.1 Å². The van der Waals surface area contributed by atoms with E-state index >= 15 is 0 Å². The first kappa shape index (κ1) is 17.1. The Hall–Kier alpha value is -2.30. The highest BCUT2D eigenvalue weighted by Crippen LogP contribution is 2.46. The molecule has 0 N–H and O–H groups in total. The van der Waals surface area contributed by atoms with Crippen molar-refractivity contribution in [1.82, 2.24) is 0 Å². The average Bonchev–Trinajstić information content (AvgIpc) is 2.59. The van der Waals surface area contributed by atoms with Crippen LogP contribution in [0.1, 0.15) is 31.2 Å². The van der Waals surface area contributed by atoms with Gasteiger partial charge in [0.25, 0.3) is 0 Å². The molecule has 124 valence electrons. The second-order valence-electron chi connectivity index (χ2n) is 5.46. The quantitative estimate of drug-likeness (QED) is 0.458. The number of methoxy groups -OCH3 is 2. The number of carbonyl (C=O) groups is 2. The van der Waals surface area contributed by atoms with Crippen LogP contribution in [0.2, 0.25) is 0 Å². The molecule has 0 radical (unpaired) electrons. The van der Waals surface area contributed by atoms with E-state index in [1.165, 1.54) is 20.3 Å². The second-order valence-corrected chi connectivity index (χ2v) is 5.46. The smallest absolute Gasteiger partial charge is 0.324 e. The Kier molecular flexibility index (Phi) is 5.42. The van der Waals surface area contributed by atoms with Gasteiger partial charge >= 0.3 is 5.97 Å². The second kappa shape index (κ2) is 7.31. The van der Waals surface area contributed by atoms with E-state index in [4.69, 9.17) is 14.2 Å². The first-order chi connectivity index (χ1) is 11.1. The maximum atomic E-state index is 12.8. The summed E-state index contributed by atoms with van der Waals surface area (Å²) in [6.07, 6.45) is 3.74. The normalized spacial score (nSPS) is 20.7. The van der Waals surface area contributed by atoms with Crippen LogP contribution in [-0.2, 0) is 19.7 Å². The molecule has 2 rings (SSSR count). The molecule has 0 bridgehead atoms. The molecule has 1 atom stereocenters. The minimum Gasteiger partial charge on any atom is -0.496 e. The molecule has 0 heterocycles. The van der Waals surface area contributed by atoms with Crippen molar-refractivity contribution in [2.24, 2.45) is 0 Å². The maximum Gasteiger partial charge on any atom is 0.324 e. The molecule has 1 aromatic carbocycles. The Bertz CT molecular complexity index is 585. The van der Waals surface area contributed by atoms with Gasteiger partial charge in [-0.25, -0.2) is 0 Å². The molecule has 1 aromatic rings. The van der Waals surface area contributed by atoms with Crippen LogP contribution in [0, 0.1) is 0 Å². The van der Waals surface area contributed by atoms with Crippen molar-refractivity contribution in [3.05, 3.63) is 36.4 Å². The van der Waals surface area contributed by atoms with Crippen LogP contribution in [0.15, 0.2) is 30.9 Å². The Morgan fingerprint density at radius 3 is 2.43 bits per heavy atom. The van der Waals surface area contributed by atoms with Crippen molar-refractivity contribution >= 4 is 11.8 Å². The summed E-state index contributed by atoms with van der Waals surface area (Å²) in [5.74, 6) is 0.191. The highest BCUT2D eigenvalue weighted by molar-refractivity contribution is 6.11. The number of hydrogen-bond acceptors (Lipinski definition) is 5. The predicted octanol–water partition coefficient (Wildman–Crippen LogP) is 2.81. The van der Waals surface area contributed by atoms with Gasteiger partial charge in [-0.05, 0) is 25.0 Å². The minimum atomic E-state index is -1.38. The summed E-state index contributed by atoms with van der Waals surface area (Å²) < 4.78 is 16.1. The molecule has 0 aromatic heterocycles. The van der Waals surface area contributed by atoms with Crippen LogP contribution in [0.5, 0.6) is 11.5 Å². The van der Waals surface area contributed by atoms with Crippen molar-refractivity contribution in [1.29, 1.82) is 0 Å². The molecule has 1 aliphatic carbocycles. The predicted molar refractivity (Wildman–Crippen MR) is 85.9 cm³/mol. The van der Waals surface area contributed by atoms with E-state index in [2.05, 4.69) is 6.58 Å². The molecule has 0 spiro atoms. The summed E-state index contributed by atoms with van der Waals surface area (Å²) in [6, 6.07) is 5.21. The van der Waals surface area contributed by atoms with Crippen molar-refractivity contribution < 1.29 is 23.8 Å². The molecular weight excluding hydrogens is 296 g/mol. The van der Waals surface area contributed by atoms with Gasteiger partial charge in [0.1, 0.15) is 18.1 Å². The fourth-order valence-electron chi connectivity index (χ4n) is 3.14. The Balaban J connectivity index is 2.65. The van der Waals surface area contributed by atoms with E-state index in [9.17, 15) is 9.59 Å². The number of hydrogen-bond donors (Lipinski definition) is 0. The van der Waals surface area contributed by atoms with Crippen LogP contribution in [0.3, 0.4) is 0 Å². The van der Waals surface area contributed by atoms with E-state index in [-0.39, 0.29) is 12.4 Å². The largest absolute Gasteiger partial charge is 0.496 e. The zero-order valence-electron chi connectivity index (χ0n) is 13.6. The van der Waals surface area contributed by atoms with Crippen LogP contribution in [-0.4, -0.2) is 32.6 Å². The van der Waals surface area contributed by atoms with Crippen molar-refractivity contribution in [2.45, 2.75) is 31.1 Å². The number of Topliss-reactive ketones (excluding diaryl/α,β-unsaturated/α-hetero) is 1. The first-order valence-electron chi connectivity index (χ1n) is 7.64. The minimum absolute atomic E-state index is 0.0608. The van der Waals surface area contributed by atoms with Gasteiger partial charge in [0, 0.05) is 6.42 Å². The fraction of sp³-hybridized carbons (Fsp3) is 0.444. The Morgan fingerprint density at radius 1 is 1.26 bits per heavy atom.